The molecule has 0 fully saturated rings. The molecule has 0 saturated heterocycles. The summed E-state index contributed by atoms with van der Waals surface area (Å²) in [6.45, 7) is 15.7. The molecular formula is C37H46N4O6S. The number of ether oxygens (including phenoxy) is 1. The number of carboxylic acids is 1. The summed E-state index contributed by atoms with van der Waals surface area (Å²) in [5, 5.41) is 18.7. The number of benzene rings is 3. The molecule has 0 unspecified atom stereocenters. The number of aromatic nitrogens is 3. The van der Waals surface area contributed by atoms with E-state index in [2.05, 4.69) is 10.3 Å². The van der Waals surface area contributed by atoms with Crippen molar-refractivity contribution in [3.63, 3.8) is 0 Å². The number of aryl methyl sites for hydroxylation is 3. The molecule has 0 saturated carbocycles. The number of carbonyl (C=O) groups is 2. The lowest BCUT2D eigenvalue weighted by Gasteiger charge is -2.37. The van der Waals surface area contributed by atoms with Crippen LogP contribution in [0.3, 0.4) is 0 Å². The predicted octanol–water partition coefficient (Wildman–Crippen LogP) is 6.66. The van der Waals surface area contributed by atoms with Gasteiger partial charge in [-0.25, -0.2) is 13.1 Å². The molecule has 2 atom stereocenters. The minimum absolute atomic E-state index is 0.117. The lowest BCUT2D eigenvalue weighted by atomic mass is 9.65. The molecule has 5 rings (SSSR count). The lowest BCUT2D eigenvalue weighted by molar-refractivity contribution is -0.150. The molecule has 0 bridgehead atoms. The van der Waals surface area contributed by atoms with Gasteiger partial charge in [-0.05, 0) is 87.1 Å². The van der Waals surface area contributed by atoms with E-state index in [1.54, 1.807) is 38.1 Å². The van der Waals surface area contributed by atoms with Crippen LogP contribution < -0.4 is 4.74 Å². The number of Topliss-reactive ketones (excluding diaryl/α,β-unsaturated/α-hetero) is 1. The second-order valence-electron chi connectivity index (χ2n) is 14.1. The van der Waals surface area contributed by atoms with Gasteiger partial charge in [0, 0.05) is 30.8 Å². The molecule has 1 aromatic heterocycles. The van der Waals surface area contributed by atoms with Crippen molar-refractivity contribution < 1.29 is 27.9 Å². The molecule has 0 aliphatic carbocycles. The fourth-order valence-electron chi connectivity index (χ4n) is 6.62. The molecule has 1 N–H and O–H groups in total. The monoisotopic (exact) mass is 674 g/mol. The maximum absolute atomic E-state index is 14.2. The minimum Gasteiger partial charge on any atom is -0.488 e. The molecule has 2 heterocycles. The van der Waals surface area contributed by atoms with Gasteiger partial charge in [-0.15, -0.1) is 5.10 Å². The third-order valence-corrected chi connectivity index (χ3v) is 11.7. The highest BCUT2D eigenvalue weighted by atomic mass is 32.2. The van der Waals surface area contributed by atoms with Crippen molar-refractivity contribution in [1.82, 2.24) is 19.3 Å². The summed E-state index contributed by atoms with van der Waals surface area (Å²) >= 11 is 0. The molecular weight excluding hydrogens is 628 g/mol. The van der Waals surface area contributed by atoms with Crippen LogP contribution in [-0.4, -0.2) is 57.2 Å². The normalized spacial score (nSPS) is 17.4. The van der Waals surface area contributed by atoms with Crippen molar-refractivity contribution in [3.05, 3.63) is 82.4 Å². The zero-order valence-electron chi connectivity index (χ0n) is 29.1. The number of nitrogens with zero attached hydrogens (tertiary/aromatic N) is 4. The number of sulfonamides is 1. The van der Waals surface area contributed by atoms with E-state index in [1.807, 2.05) is 76.6 Å². The number of carboxylic acid groups (broad SMARTS) is 1. The van der Waals surface area contributed by atoms with Crippen LogP contribution in [0.2, 0.25) is 0 Å². The second kappa shape index (κ2) is 13.1. The van der Waals surface area contributed by atoms with Crippen LogP contribution in [0.15, 0.2) is 59.5 Å². The van der Waals surface area contributed by atoms with Crippen LogP contribution in [0.25, 0.3) is 11.0 Å². The molecule has 1 aliphatic heterocycles. The SMILES string of the molecule is CC[C@@H]1CN(Cc2cc([C@@H](c3ccc4c(nnn4CC)c3C)C(C)(C)C(=O)CC(C)(C)C(=O)O)ccc2C)S(=O)(=O)c2ccccc2O1. The Hall–Kier alpha value is -4.09. The molecule has 256 valence electrons. The maximum Gasteiger partial charge on any atom is 0.309 e. The molecule has 0 amide bonds. The van der Waals surface area contributed by atoms with Crippen molar-refractivity contribution in [3.8, 4) is 5.75 Å². The van der Waals surface area contributed by atoms with Crippen LogP contribution in [0.1, 0.15) is 88.1 Å². The first kappa shape index (κ1) is 35.2. The topological polar surface area (TPSA) is 132 Å². The Morgan fingerprint density at radius 2 is 1.75 bits per heavy atom. The number of carbonyl (C=O) groups excluding carboxylic acids is 1. The third kappa shape index (κ3) is 6.37. The van der Waals surface area contributed by atoms with Gasteiger partial charge in [0.15, 0.2) is 0 Å². The Morgan fingerprint density at radius 3 is 2.42 bits per heavy atom. The Morgan fingerprint density at radius 1 is 1.04 bits per heavy atom. The lowest BCUT2D eigenvalue weighted by Crippen LogP contribution is -2.38. The fraction of sp³-hybridized carbons (Fsp3) is 0.459. The fourth-order valence-corrected chi connectivity index (χ4v) is 8.19. The van der Waals surface area contributed by atoms with E-state index >= 15 is 0 Å². The van der Waals surface area contributed by atoms with Crippen molar-refractivity contribution in [2.24, 2.45) is 10.8 Å². The number of aliphatic carboxylic acids is 1. The summed E-state index contributed by atoms with van der Waals surface area (Å²) in [5.74, 6) is -1.37. The molecule has 4 aromatic rings. The molecule has 1 aliphatic rings. The largest absolute Gasteiger partial charge is 0.488 e. The Balaban J connectivity index is 1.64. The molecule has 0 radical (unpaired) electrons. The summed E-state index contributed by atoms with van der Waals surface area (Å²) in [5.41, 5.74) is 3.62. The number of hydrogen-bond donors (Lipinski definition) is 1. The Kier molecular flexibility index (Phi) is 9.60. The predicted molar refractivity (Wildman–Crippen MR) is 185 cm³/mol. The van der Waals surface area contributed by atoms with Gasteiger partial charge in [0.2, 0.25) is 10.0 Å². The quantitative estimate of drug-likeness (QED) is 0.187. The molecule has 48 heavy (non-hydrogen) atoms. The Bertz CT molecular complexity index is 1980. The number of para-hydroxylation sites is 1. The average Bonchev–Trinajstić information content (AvgIpc) is 3.42. The van der Waals surface area contributed by atoms with E-state index < -0.39 is 32.7 Å². The first-order valence-corrected chi connectivity index (χ1v) is 17.9. The van der Waals surface area contributed by atoms with Gasteiger partial charge in [0.1, 0.15) is 28.0 Å². The molecule has 10 nitrogen and oxygen atoms in total. The Labute approximate surface area is 283 Å². The number of fused-ring (bicyclic) bond motifs is 2. The molecule has 3 aromatic carbocycles. The highest BCUT2D eigenvalue weighted by Crippen LogP contribution is 2.46. The van der Waals surface area contributed by atoms with Crippen LogP contribution >= 0.6 is 0 Å². The van der Waals surface area contributed by atoms with Gasteiger partial charge in [-0.2, -0.15) is 4.31 Å². The van der Waals surface area contributed by atoms with Gasteiger partial charge in [0.25, 0.3) is 0 Å². The van der Waals surface area contributed by atoms with Crippen molar-refractivity contribution >= 4 is 32.8 Å². The van der Waals surface area contributed by atoms with Gasteiger partial charge < -0.3 is 9.84 Å². The van der Waals surface area contributed by atoms with Crippen LogP contribution in [-0.2, 0) is 32.7 Å². The third-order valence-electron chi connectivity index (χ3n) is 9.89. The van der Waals surface area contributed by atoms with Crippen molar-refractivity contribution in [2.75, 3.05) is 6.54 Å². The summed E-state index contributed by atoms with van der Waals surface area (Å²) in [4.78, 5) is 26.4. The molecule has 11 heteroatoms. The zero-order chi connectivity index (χ0) is 35.2. The average molecular weight is 675 g/mol. The zero-order valence-corrected chi connectivity index (χ0v) is 29.9. The van der Waals surface area contributed by atoms with Crippen LogP contribution in [0.4, 0.5) is 0 Å². The summed E-state index contributed by atoms with van der Waals surface area (Å²) < 4.78 is 37.5. The standard InChI is InChI=1S/C37H46N4O6S/c1-9-27-22-40(48(45,46)31-14-12-11-13-30(31)47-27)21-26-19-25(16-15-23(26)3)33(37(7,8)32(42)20-36(5,6)35(43)44)28-17-18-29-34(24(28)4)38-39-41(29)10-2/h11-19,27,33H,9-10,20-22H2,1-8H3,(H,43,44)/t27-,33+/m1/s1. The number of ketones is 1. The van der Waals surface area contributed by atoms with E-state index in [1.165, 1.54) is 4.31 Å². The smallest absolute Gasteiger partial charge is 0.309 e. The maximum atomic E-state index is 14.2. The van der Waals surface area contributed by atoms with Crippen molar-refractivity contribution in [2.45, 2.75) is 98.2 Å². The highest BCUT2D eigenvalue weighted by molar-refractivity contribution is 7.89. The van der Waals surface area contributed by atoms with Crippen molar-refractivity contribution in [1.29, 1.82) is 0 Å². The van der Waals surface area contributed by atoms with Gasteiger partial charge >= 0.3 is 5.97 Å². The van der Waals surface area contributed by atoms with E-state index in [0.717, 1.165) is 38.9 Å². The van der Waals surface area contributed by atoms with Gasteiger partial charge in [-0.1, -0.05) is 62.4 Å². The highest BCUT2D eigenvalue weighted by Gasteiger charge is 2.43. The first-order valence-electron chi connectivity index (χ1n) is 16.5. The van der Waals surface area contributed by atoms with E-state index in [9.17, 15) is 23.1 Å². The van der Waals surface area contributed by atoms with E-state index in [4.69, 9.17) is 4.74 Å². The van der Waals surface area contributed by atoms with Crippen LogP contribution in [0.5, 0.6) is 5.75 Å². The summed E-state index contributed by atoms with van der Waals surface area (Å²) in [6.07, 6.45) is 0.163. The molecule has 0 spiro atoms. The first-order chi connectivity index (χ1) is 22.5. The minimum atomic E-state index is -3.88. The summed E-state index contributed by atoms with van der Waals surface area (Å²) in [6, 6.07) is 16.7. The second-order valence-corrected chi connectivity index (χ2v) is 16.0. The number of rotatable bonds is 11. The number of hydrogen-bond acceptors (Lipinski definition) is 7. The van der Waals surface area contributed by atoms with Crippen LogP contribution in [0, 0.1) is 24.7 Å². The summed E-state index contributed by atoms with van der Waals surface area (Å²) in [7, 11) is -3.88. The van der Waals surface area contributed by atoms with E-state index in [-0.39, 0.29) is 36.3 Å². The van der Waals surface area contributed by atoms with E-state index in [0.29, 0.717) is 18.7 Å². The van der Waals surface area contributed by atoms with Gasteiger partial charge in [0.05, 0.1) is 17.5 Å². The van der Waals surface area contributed by atoms with Gasteiger partial charge in [-0.3, -0.25) is 9.59 Å².